The van der Waals surface area contributed by atoms with Gasteiger partial charge in [-0.05, 0) is 48.5 Å². The number of carboxylic acid groups (broad SMARTS) is 1. The summed E-state index contributed by atoms with van der Waals surface area (Å²) >= 11 is 0. The van der Waals surface area contributed by atoms with E-state index in [0.717, 1.165) is 4.90 Å². The lowest BCUT2D eigenvalue weighted by molar-refractivity contribution is -0.121. The normalized spacial score (nSPS) is 16.8. The number of benzene rings is 2. The number of rotatable bonds is 5. The van der Waals surface area contributed by atoms with Crippen LogP contribution in [-0.4, -0.2) is 36.0 Å². The molecule has 0 spiro atoms. The topological polar surface area (TPSA) is 95.9 Å². The maximum absolute atomic E-state index is 12.6. The second-order valence-electron chi connectivity index (χ2n) is 5.55. The molecule has 0 aromatic heterocycles. The number of anilines is 2. The third-order valence-corrected chi connectivity index (χ3v) is 3.95. The minimum Gasteiger partial charge on any atom is -0.497 e. The van der Waals surface area contributed by atoms with Gasteiger partial charge in [0, 0.05) is 5.69 Å². The molecule has 2 amide bonds. The summed E-state index contributed by atoms with van der Waals surface area (Å²) in [5.41, 5.74) is 1.16. The molecule has 2 N–H and O–H groups in total. The highest BCUT2D eigenvalue weighted by Gasteiger charge is 2.39. The summed E-state index contributed by atoms with van der Waals surface area (Å²) in [5.74, 6) is -1.08. The highest BCUT2D eigenvalue weighted by molar-refractivity contribution is 6.23. The van der Waals surface area contributed by atoms with Gasteiger partial charge in [-0.25, -0.2) is 9.69 Å². The lowest BCUT2D eigenvalue weighted by atomic mass is 10.2. The molecule has 1 saturated heterocycles. The number of nitrogens with one attached hydrogen (secondary N) is 1. The molecule has 1 heterocycles. The van der Waals surface area contributed by atoms with Gasteiger partial charge in [0.25, 0.3) is 5.91 Å². The number of imide groups is 1. The van der Waals surface area contributed by atoms with Gasteiger partial charge in [0.05, 0.1) is 24.8 Å². The molecule has 2 aromatic rings. The Morgan fingerprint density at radius 2 is 1.76 bits per heavy atom. The predicted molar refractivity (Wildman–Crippen MR) is 90.9 cm³/mol. The first kappa shape index (κ1) is 16.5. The molecule has 0 saturated carbocycles. The number of amides is 2. The van der Waals surface area contributed by atoms with Gasteiger partial charge in [-0.1, -0.05) is 0 Å². The molecule has 1 aliphatic heterocycles. The molecule has 7 nitrogen and oxygen atoms in total. The van der Waals surface area contributed by atoms with E-state index >= 15 is 0 Å². The van der Waals surface area contributed by atoms with Crippen molar-refractivity contribution < 1.29 is 24.2 Å². The van der Waals surface area contributed by atoms with Crippen molar-refractivity contribution in [3.63, 3.8) is 0 Å². The third-order valence-electron chi connectivity index (χ3n) is 3.95. The summed E-state index contributed by atoms with van der Waals surface area (Å²) in [6.07, 6.45) is 0.0333. The molecule has 3 rings (SSSR count). The molecule has 2 aromatic carbocycles. The Labute approximate surface area is 143 Å². The van der Waals surface area contributed by atoms with Crippen LogP contribution in [0.4, 0.5) is 11.4 Å². The highest BCUT2D eigenvalue weighted by Crippen LogP contribution is 2.26. The van der Waals surface area contributed by atoms with Gasteiger partial charge in [-0.3, -0.25) is 9.59 Å². The molecule has 0 bridgehead atoms. The van der Waals surface area contributed by atoms with E-state index in [0.29, 0.717) is 17.1 Å². The van der Waals surface area contributed by atoms with Gasteiger partial charge in [-0.15, -0.1) is 0 Å². The van der Waals surface area contributed by atoms with Crippen LogP contribution >= 0.6 is 0 Å². The van der Waals surface area contributed by atoms with Crippen LogP contribution in [0.1, 0.15) is 16.8 Å². The molecular weight excluding hydrogens is 324 g/mol. The first-order valence-electron chi connectivity index (χ1n) is 7.60. The van der Waals surface area contributed by atoms with E-state index in [1.807, 2.05) is 0 Å². The Balaban J connectivity index is 1.76. The van der Waals surface area contributed by atoms with E-state index in [-0.39, 0.29) is 23.8 Å². The fraction of sp³-hybridized carbons (Fsp3) is 0.167. The Bertz CT molecular complexity index is 814. The molecule has 1 fully saturated rings. The maximum Gasteiger partial charge on any atom is 0.335 e. The van der Waals surface area contributed by atoms with Crippen LogP contribution in [0.3, 0.4) is 0 Å². The lowest BCUT2D eigenvalue weighted by Crippen LogP contribution is -2.34. The van der Waals surface area contributed by atoms with E-state index in [4.69, 9.17) is 9.84 Å². The number of carbonyl (C=O) groups is 3. The first-order chi connectivity index (χ1) is 12.0. The largest absolute Gasteiger partial charge is 0.497 e. The predicted octanol–water partition coefficient (Wildman–Crippen LogP) is 2.14. The van der Waals surface area contributed by atoms with Crippen LogP contribution in [0.25, 0.3) is 0 Å². The first-order valence-corrected chi connectivity index (χ1v) is 7.60. The molecule has 128 valence electrons. The number of methoxy groups -OCH3 is 1. The van der Waals surface area contributed by atoms with Crippen LogP contribution in [0.15, 0.2) is 48.5 Å². The Kier molecular flexibility index (Phi) is 4.38. The summed E-state index contributed by atoms with van der Waals surface area (Å²) in [7, 11) is 1.56. The average Bonchev–Trinajstić information content (AvgIpc) is 2.89. The number of carbonyl (C=O) groups excluding carboxylic acids is 2. The highest BCUT2D eigenvalue weighted by atomic mass is 16.5. The number of nitrogens with zero attached hydrogens (tertiary/aromatic N) is 1. The number of hydrogen-bond acceptors (Lipinski definition) is 5. The molecule has 1 aliphatic rings. The summed E-state index contributed by atoms with van der Waals surface area (Å²) < 4.78 is 5.08. The van der Waals surface area contributed by atoms with Crippen molar-refractivity contribution in [1.29, 1.82) is 0 Å². The fourth-order valence-electron chi connectivity index (χ4n) is 2.66. The van der Waals surface area contributed by atoms with E-state index in [9.17, 15) is 14.4 Å². The van der Waals surface area contributed by atoms with Crippen molar-refractivity contribution in [3.8, 4) is 5.75 Å². The zero-order valence-electron chi connectivity index (χ0n) is 13.4. The van der Waals surface area contributed by atoms with Crippen molar-refractivity contribution in [2.75, 3.05) is 17.3 Å². The summed E-state index contributed by atoms with van der Waals surface area (Å²) in [5, 5.41) is 12.0. The van der Waals surface area contributed by atoms with E-state index in [1.165, 1.54) is 24.3 Å². The Morgan fingerprint density at radius 1 is 1.12 bits per heavy atom. The molecule has 25 heavy (non-hydrogen) atoms. The number of aromatic carboxylic acids is 1. The van der Waals surface area contributed by atoms with Crippen LogP contribution in [0, 0.1) is 0 Å². The minimum absolute atomic E-state index is 0.0333. The van der Waals surface area contributed by atoms with Crippen LogP contribution < -0.4 is 15.0 Å². The second kappa shape index (κ2) is 6.64. The van der Waals surface area contributed by atoms with E-state index in [1.54, 1.807) is 31.4 Å². The van der Waals surface area contributed by atoms with Crippen LogP contribution in [-0.2, 0) is 9.59 Å². The zero-order chi connectivity index (χ0) is 18.0. The monoisotopic (exact) mass is 340 g/mol. The summed E-state index contributed by atoms with van der Waals surface area (Å²) in [4.78, 5) is 36.8. The van der Waals surface area contributed by atoms with Crippen LogP contribution in [0.5, 0.6) is 5.75 Å². The average molecular weight is 340 g/mol. The zero-order valence-corrected chi connectivity index (χ0v) is 13.4. The van der Waals surface area contributed by atoms with Crippen molar-refractivity contribution in [2.45, 2.75) is 12.5 Å². The van der Waals surface area contributed by atoms with Crippen molar-refractivity contribution in [3.05, 3.63) is 54.1 Å². The standard InChI is InChI=1S/C18H16N2O5/c1-25-14-8-4-12(5-9-14)19-15-10-16(21)20(17(15)22)13-6-2-11(3-7-13)18(23)24/h2-9,15,19H,10H2,1H3,(H,23,24)/t15-/m0/s1. The summed E-state index contributed by atoms with van der Waals surface area (Å²) in [6.45, 7) is 0. The minimum atomic E-state index is -1.07. The van der Waals surface area contributed by atoms with Gasteiger partial charge in [0.2, 0.25) is 5.91 Å². The Morgan fingerprint density at radius 3 is 2.32 bits per heavy atom. The van der Waals surface area contributed by atoms with Crippen LogP contribution in [0.2, 0.25) is 0 Å². The van der Waals surface area contributed by atoms with Gasteiger partial charge < -0.3 is 15.2 Å². The smallest absolute Gasteiger partial charge is 0.335 e. The van der Waals surface area contributed by atoms with E-state index in [2.05, 4.69) is 5.32 Å². The van der Waals surface area contributed by atoms with Crippen molar-refractivity contribution in [2.24, 2.45) is 0 Å². The second-order valence-corrected chi connectivity index (χ2v) is 5.55. The molecule has 1 atom stereocenters. The van der Waals surface area contributed by atoms with Crippen molar-refractivity contribution in [1.82, 2.24) is 0 Å². The molecular formula is C18H16N2O5. The van der Waals surface area contributed by atoms with Gasteiger partial charge in [0.1, 0.15) is 11.8 Å². The maximum atomic E-state index is 12.6. The molecule has 7 heteroatoms. The van der Waals surface area contributed by atoms with Gasteiger partial charge in [-0.2, -0.15) is 0 Å². The SMILES string of the molecule is COc1ccc(N[C@H]2CC(=O)N(c3ccc(C(=O)O)cc3)C2=O)cc1. The molecule has 0 aliphatic carbocycles. The molecule has 0 radical (unpaired) electrons. The van der Waals surface area contributed by atoms with Gasteiger partial charge in [0.15, 0.2) is 0 Å². The molecule has 0 unspecified atom stereocenters. The van der Waals surface area contributed by atoms with Crippen molar-refractivity contribution >= 4 is 29.2 Å². The quantitative estimate of drug-likeness (QED) is 0.810. The van der Waals surface area contributed by atoms with E-state index < -0.39 is 12.0 Å². The number of hydrogen-bond donors (Lipinski definition) is 2. The third kappa shape index (κ3) is 3.30. The number of carboxylic acids is 1. The fourth-order valence-corrected chi connectivity index (χ4v) is 2.66. The lowest BCUT2D eigenvalue weighted by Gasteiger charge is -2.16. The van der Waals surface area contributed by atoms with Gasteiger partial charge >= 0.3 is 5.97 Å². The Hall–Kier alpha value is -3.35. The summed E-state index contributed by atoms with van der Waals surface area (Å²) in [6, 6.07) is 12.0. The number of ether oxygens (including phenoxy) is 1.